The van der Waals surface area contributed by atoms with Gasteiger partial charge in [0.1, 0.15) is 11.6 Å². The Kier molecular flexibility index (Phi) is 9.24. The maximum absolute atomic E-state index is 14.7. The molecule has 3 fully saturated rings. The molecule has 0 spiro atoms. The van der Waals surface area contributed by atoms with Gasteiger partial charge in [0.15, 0.2) is 5.78 Å². The van der Waals surface area contributed by atoms with Crippen molar-refractivity contribution in [2.24, 2.45) is 11.8 Å². The van der Waals surface area contributed by atoms with Gasteiger partial charge < -0.3 is 19.9 Å². The predicted molar refractivity (Wildman–Crippen MR) is 147 cm³/mol. The molecule has 1 amide bonds. The van der Waals surface area contributed by atoms with Gasteiger partial charge in [0.05, 0.1) is 18.9 Å². The summed E-state index contributed by atoms with van der Waals surface area (Å²) < 4.78 is 33.2. The molecule has 1 saturated carbocycles. The maximum atomic E-state index is 14.7. The highest BCUT2D eigenvalue weighted by molar-refractivity contribution is 5.98. The van der Waals surface area contributed by atoms with Gasteiger partial charge in [-0.25, -0.2) is 8.78 Å². The van der Waals surface area contributed by atoms with E-state index in [4.69, 9.17) is 4.74 Å². The minimum absolute atomic E-state index is 0.0230. The van der Waals surface area contributed by atoms with E-state index in [0.717, 1.165) is 64.6 Å². The Bertz CT molecular complexity index is 1120. The van der Waals surface area contributed by atoms with E-state index >= 15 is 0 Å². The average molecular weight is 540 g/mol. The second-order valence-electron chi connectivity index (χ2n) is 11.2. The van der Waals surface area contributed by atoms with Crippen LogP contribution in [0.2, 0.25) is 0 Å². The first-order valence-electron chi connectivity index (χ1n) is 14.4. The van der Waals surface area contributed by atoms with Crippen molar-refractivity contribution in [3.63, 3.8) is 0 Å². The second kappa shape index (κ2) is 13.0. The second-order valence-corrected chi connectivity index (χ2v) is 11.2. The highest BCUT2D eigenvalue weighted by Crippen LogP contribution is 2.29. The molecule has 39 heavy (non-hydrogen) atoms. The molecular formula is C31H39F2N3O3. The number of nitrogens with one attached hydrogen (secondary N) is 1. The fraction of sp³-hybridized carbons (Fsp3) is 0.548. The number of benzene rings is 2. The summed E-state index contributed by atoms with van der Waals surface area (Å²) in [5.41, 5.74) is 1.50. The van der Waals surface area contributed by atoms with E-state index in [1.165, 1.54) is 18.2 Å². The number of morpholine rings is 1. The van der Waals surface area contributed by atoms with Crippen LogP contribution in [0.1, 0.15) is 65.7 Å². The van der Waals surface area contributed by atoms with Crippen LogP contribution in [-0.4, -0.2) is 68.6 Å². The lowest BCUT2D eigenvalue weighted by Gasteiger charge is -2.34. The van der Waals surface area contributed by atoms with Crippen molar-refractivity contribution in [3.05, 3.63) is 65.2 Å². The summed E-state index contributed by atoms with van der Waals surface area (Å²) in [5, 5.41) is 3.12. The fourth-order valence-electron chi connectivity index (χ4n) is 6.21. The van der Waals surface area contributed by atoms with Gasteiger partial charge in [-0.1, -0.05) is 0 Å². The lowest BCUT2D eigenvalue weighted by molar-refractivity contribution is 0.0832. The normalized spacial score (nSPS) is 23.0. The number of nitrogens with zero attached hydrogens (tertiary/aromatic N) is 2. The molecule has 0 unspecified atom stereocenters. The molecule has 1 N–H and O–H groups in total. The van der Waals surface area contributed by atoms with Gasteiger partial charge in [0.2, 0.25) is 0 Å². The van der Waals surface area contributed by atoms with Crippen LogP contribution in [0.4, 0.5) is 14.5 Å². The molecule has 1 aliphatic carbocycles. The highest BCUT2D eigenvalue weighted by Gasteiger charge is 2.28. The summed E-state index contributed by atoms with van der Waals surface area (Å²) in [6, 6.07) is 10.8. The van der Waals surface area contributed by atoms with Crippen molar-refractivity contribution in [3.8, 4) is 0 Å². The highest BCUT2D eigenvalue weighted by atomic mass is 19.1. The minimum Gasteiger partial charge on any atom is -0.378 e. The molecule has 2 aromatic rings. The molecule has 5 rings (SSSR count). The molecule has 2 heterocycles. The molecule has 0 aromatic heterocycles. The van der Waals surface area contributed by atoms with E-state index in [9.17, 15) is 18.4 Å². The smallest absolute Gasteiger partial charge is 0.251 e. The van der Waals surface area contributed by atoms with Gasteiger partial charge in [-0.2, -0.15) is 0 Å². The summed E-state index contributed by atoms with van der Waals surface area (Å²) in [6.45, 7) is 5.36. The van der Waals surface area contributed by atoms with Crippen molar-refractivity contribution in [1.82, 2.24) is 10.2 Å². The number of rotatable bonds is 8. The first kappa shape index (κ1) is 27.7. The van der Waals surface area contributed by atoms with E-state index in [0.29, 0.717) is 49.0 Å². The summed E-state index contributed by atoms with van der Waals surface area (Å²) in [6.07, 6.45) is 6.87. The van der Waals surface area contributed by atoms with E-state index in [1.807, 2.05) is 4.90 Å². The lowest BCUT2D eigenvalue weighted by Crippen LogP contribution is -2.39. The Morgan fingerprint density at radius 3 is 2.18 bits per heavy atom. The Labute approximate surface area is 229 Å². The van der Waals surface area contributed by atoms with Crippen molar-refractivity contribution in [1.29, 1.82) is 0 Å². The van der Waals surface area contributed by atoms with Crippen LogP contribution in [0.5, 0.6) is 0 Å². The number of carbonyl (C=O) groups is 2. The van der Waals surface area contributed by atoms with E-state index in [1.54, 1.807) is 24.3 Å². The van der Waals surface area contributed by atoms with Crippen molar-refractivity contribution in [2.45, 2.75) is 51.0 Å². The zero-order chi connectivity index (χ0) is 27.2. The number of piperidine rings is 1. The topological polar surface area (TPSA) is 61.9 Å². The van der Waals surface area contributed by atoms with Crippen LogP contribution in [0.15, 0.2) is 42.5 Å². The molecule has 0 atom stereocenters. The van der Waals surface area contributed by atoms with Crippen LogP contribution in [0.3, 0.4) is 0 Å². The van der Waals surface area contributed by atoms with Crippen LogP contribution in [-0.2, 0) is 4.74 Å². The number of hydrogen-bond donors (Lipinski definition) is 1. The van der Waals surface area contributed by atoms with E-state index in [2.05, 4.69) is 10.2 Å². The van der Waals surface area contributed by atoms with Crippen molar-refractivity contribution < 1.29 is 23.1 Å². The quantitative estimate of drug-likeness (QED) is 0.475. The number of ether oxygens (including phenoxy) is 1. The van der Waals surface area contributed by atoms with Crippen LogP contribution in [0, 0.1) is 23.5 Å². The molecule has 6 nitrogen and oxygen atoms in total. The molecule has 2 aliphatic heterocycles. The molecule has 0 radical (unpaired) electrons. The SMILES string of the molecule is O=C(NC1CCC(CCN2CCC(C(=O)c3ccc(F)cc3)CC2)CC1)c1ccc(N2CCOCC2)c(F)c1. The number of anilines is 1. The monoisotopic (exact) mass is 539 g/mol. The van der Waals surface area contributed by atoms with E-state index in [-0.39, 0.29) is 35.3 Å². The molecule has 2 saturated heterocycles. The molecule has 8 heteroatoms. The average Bonchev–Trinajstić information content (AvgIpc) is 2.97. The number of likely N-dealkylation sites (tertiary alicyclic amines) is 1. The van der Waals surface area contributed by atoms with Gasteiger partial charge >= 0.3 is 0 Å². The summed E-state index contributed by atoms with van der Waals surface area (Å²) in [5.74, 6) is -0.0915. The minimum atomic E-state index is -0.364. The Hall–Kier alpha value is -2.84. The first-order valence-corrected chi connectivity index (χ1v) is 14.4. The molecular weight excluding hydrogens is 500 g/mol. The molecule has 210 valence electrons. The largest absolute Gasteiger partial charge is 0.378 e. The van der Waals surface area contributed by atoms with Gasteiger partial charge in [-0.3, -0.25) is 9.59 Å². The number of amides is 1. The molecule has 0 bridgehead atoms. The van der Waals surface area contributed by atoms with Gasteiger partial charge in [0.25, 0.3) is 5.91 Å². The van der Waals surface area contributed by atoms with Crippen LogP contribution < -0.4 is 10.2 Å². The van der Waals surface area contributed by atoms with Crippen LogP contribution in [0.25, 0.3) is 0 Å². The lowest BCUT2D eigenvalue weighted by atomic mass is 9.83. The maximum Gasteiger partial charge on any atom is 0.251 e. The first-order chi connectivity index (χ1) is 19.0. The standard InChI is InChI=1S/C31H39F2N3O3/c32-26-6-3-23(4-7-26)30(37)24-12-15-35(16-13-24)14-11-22-1-8-27(9-2-22)34-31(38)25-5-10-29(28(33)21-25)36-17-19-39-20-18-36/h3-7,10,21-22,24,27H,1-2,8-9,11-20H2,(H,34,38). The summed E-state index contributed by atoms with van der Waals surface area (Å²) in [4.78, 5) is 29.9. The summed E-state index contributed by atoms with van der Waals surface area (Å²) in [7, 11) is 0. The van der Waals surface area contributed by atoms with Gasteiger partial charge in [0, 0.05) is 36.2 Å². The fourth-order valence-corrected chi connectivity index (χ4v) is 6.21. The number of Topliss-reactive ketones (excluding diaryl/α,β-unsaturated/α-hetero) is 1. The Balaban J connectivity index is 1.00. The number of hydrogen-bond acceptors (Lipinski definition) is 5. The predicted octanol–water partition coefficient (Wildman–Crippen LogP) is 5.08. The van der Waals surface area contributed by atoms with Crippen LogP contribution >= 0.6 is 0 Å². The number of ketones is 1. The third-order valence-electron chi connectivity index (χ3n) is 8.68. The third kappa shape index (κ3) is 7.22. The van der Waals surface area contributed by atoms with Gasteiger partial charge in [-0.05, 0) is 113 Å². The zero-order valence-corrected chi connectivity index (χ0v) is 22.5. The zero-order valence-electron chi connectivity index (χ0n) is 22.5. The Morgan fingerprint density at radius 2 is 1.51 bits per heavy atom. The van der Waals surface area contributed by atoms with Crippen molar-refractivity contribution in [2.75, 3.05) is 50.8 Å². The Morgan fingerprint density at radius 1 is 0.846 bits per heavy atom. The van der Waals surface area contributed by atoms with Gasteiger partial charge in [-0.15, -0.1) is 0 Å². The third-order valence-corrected chi connectivity index (χ3v) is 8.68. The van der Waals surface area contributed by atoms with E-state index < -0.39 is 0 Å². The summed E-state index contributed by atoms with van der Waals surface area (Å²) >= 11 is 0. The van der Waals surface area contributed by atoms with Crippen molar-refractivity contribution >= 4 is 17.4 Å². The molecule has 3 aliphatic rings. The number of carbonyl (C=O) groups excluding carboxylic acids is 2. The molecule has 2 aromatic carbocycles. The number of halogens is 2.